The third kappa shape index (κ3) is 3.95. The molecule has 0 saturated carbocycles. The Bertz CT molecular complexity index is 911. The van der Waals surface area contributed by atoms with Gasteiger partial charge in [-0.1, -0.05) is 11.6 Å². The molecule has 3 rings (SSSR count). The Labute approximate surface area is 148 Å². The van der Waals surface area contributed by atoms with Crippen LogP contribution in [0.25, 0.3) is 10.9 Å². The quantitative estimate of drug-likeness (QED) is 0.538. The SMILES string of the molecule is COC(=O)C(Cc1ccncc1)NC(=O)c1cc2cc(Cl)ncc2[nH]1. The monoisotopic (exact) mass is 358 g/mol. The number of fused-ring (bicyclic) bond motifs is 1. The Morgan fingerprint density at radius 2 is 2.08 bits per heavy atom. The Kier molecular flexibility index (Phi) is 4.95. The number of hydrogen-bond acceptors (Lipinski definition) is 5. The van der Waals surface area contributed by atoms with Gasteiger partial charge in [-0.15, -0.1) is 0 Å². The summed E-state index contributed by atoms with van der Waals surface area (Å²) in [6, 6.07) is 6.04. The molecule has 3 heterocycles. The number of methoxy groups -OCH3 is 1. The van der Waals surface area contributed by atoms with E-state index in [4.69, 9.17) is 16.3 Å². The largest absolute Gasteiger partial charge is 0.467 e. The molecule has 0 spiro atoms. The minimum Gasteiger partial charge on any atom is -0.467 e. The Hall–Kier alpha value is -2.93. The number of esters is 1. The fourth-order valence-electron chi connectivity index (χ4n) is 2.45. The molecular weight excluding hydrogens is 344 g/mol. The highest BCUT2D eigenvalue weighted by Crippen LogP contribution is 2.18. The molecule has 2 N–H and O–H groups in total. The second-order valence-electron chi connectivity index (χ2n) is 5.39. The van der Waals surface area contributed by atoms with Crippen LogP contribution >= 0.6 is 11.6 Å². The first-order valence-electron chi connectivity index (χ1n) is 7.48. The molecule has 3 aromatic rings. The lowest BCUT2D eigenvalue weighted by molar-refractivity contribution is -0.142. The van der Waals surface area contributed by atoms with E-state index in [0.717, 1.165) is 10.9 Å². The molecular formula is C17H15ClN4O3. The maximum Gasteiger partial charge on any atom is 0.328 e. The highest BCUT2D eigenvalue weighted by atomic mass is 35.5. The van der Waals surface area contributed by atoms with E-state index in [2.05, 4.69) is 20.3 Å². The third-order valence-electron chi connectivity index (χ3n) is 3.70. The maximum atomic E-state index is 12.5. The number of nitrogens with zero attached hydrogens (tertiary/aromatic N) is 2. The van der Waals surface area contributed by atoms with Crippen molar-refractivity contribution in [1.82, 2.24) is 20.3 Å². The lowest BCUT2D eigenvalue weighted by atomic mass is 10.1. The summed E-state index contributed by atoms with van der Waals surface area (Å²) >= 11 is 5.85. The molecule has 1 atom stereocenters. The molecule has 0 aliphatic heterocycles. The second-order valence-corrected chi connectivity index (χ2v) is 5.77. The molecule has 8 heteroatoms. The molecule has 0 fully saturated rings. The Morgan fingerprint density at radius 1 is 1.32 bits per heavy atom. The first-order chi connectivity index (χ1) is 12.1. The number of carbonyl (C=O) groups excluding carboxylic acids is 2. The number of pyridine rings is 2. The van der Waals surface area contributed by atoms with Crippen molar-refractivity contribution < 1.29 is 14.3 Å². The van der Waals surface area contributed by atoms with Gasteiger partial charge in [0.05, 0.1) is 18.8 Å². The summed E-state index contributed by atoms with van der Waals surface area (Å²) < 4.78 is 4.79. The van der Waals surface area contributed by atoms with Gasteiger partial charge >= 0.3 is 5.97 Å². The van der Waals surface area contributed by atoms with Crippen molar-refractivity contribution in [2.75, 3.05) is 7.11 Å². The molecule has 0 aromatic carbocycles. The van der Waals surface area contributed by atoms with Crippen LogP contribution in [0.2, 0.25) is 5.15 Å². The molecule has 25 heavy (non-hydrogen) atoms. The number of nitrogens with one attached hydrogen (secondary N) is 2. The molecule has 0 bridgehead atoms. The van der Waals surface area contributed by atoms with Crippen molar-refractivity contribution in [3.05, 3.63) is 59.3 Å². The lowest BCUT2D eigenvalue weighted by Gasteiger charge is -2.16. The van der Waals surface area contributed by atoms with Crippen molar-refractivity contribution in [1.29, 1.82) is 0 Å². The van der Waals surface area contributed by atoms with Gasteiger partial charge in [-0.25, -0.2) is 9.78 Å². The van der Waals surface area contributed by atoms with Crippen molar-refractivity contribution in [3.8, 4) is 0 Å². The van der Waals surface area contributed by atoms with Gasteiger partial charge in [0.2, 0.25) is 0 Å². The maximum absolute atomic E-state index is 12.5. The van der Waals surface area contributed by atoms with Crippen LogP contribution in [0.4, 0.5) is 0 Å². The molecule has 1 unspecified atom stereocenters. The van der Waals surface area contributed by atoms with Gasteiger partial charge in [0.15, 0.2) is 0 Å². The molecule has 0 saturated heterocycles. The van der Waals surface area contributed by atoms with Gasteiger partial charge in [0.25, 0.3) is 5.91 Å². The second kappa shape index (κ2) is 7.31. The summed E-state index contributed by atoms with van der Waals surface area (Å²) in [5, 5.41) is 3.78. The topological polar surface area (TPSA) is 97.0 Å². The van der Waals surface area contributed by atoms with Crippen LogP contribution < -0.4 is 5.32 Å². The van der Waals surface area contributed by atoms with Crippen LogP contribution in [0, 0.1) is 0 Å². The highest BCUT2D eigenvalue weighted by Gasteiger charge is 2.23. The number of hydrogen-bond donors (Lipinski definition) is 2. The number of rotatable bonds is 5. The predicted octanol–water partition coefficient (Wildman–Crippen LogP) is 2.13. The minimum absolute atomic E-state index is 0.300. The van der Waals surface area contributed by atoms with Crippen molar-refractivity contribution in [3.63, 3.8) is 0 Å². The fraction of sp³-hybridized carbons (Fsp3) is 0.176. The molecule has 0 radical (unpaired) electrons. The normalized spacial score (nSPS) is 11.9. The summed E-state index contributed by atoms with van der Waals surface area (Å²) in [5.74, 6) is -0.942. The zero-order valence-corrected chi connectivity index (χ0v) is 14.1. The summed E-state index contributed by atoms with van der Waals surface area (Å²) in [6.07, 6.45) is 5.09. The van der Waals surface area contributed by atoms with E-state index >= 15 is 0 Å². The van der Waals surface area contributed by atoms with Crippen LogP contribution in [-0.2, 0) is 16.0 Å². The average Bonchev–Trinajstić information content (AvgIpc) is 3.04. The van der Waals surface area contributed by atoms with E-state index in [1.165, 1.54) is 7.11 Å². The highest BCUT2D eigenvalue weighted by molar-refractivity contribution is 6.30. The van der Waals surface area contributed by atoms with Gasteiger partial charge in [-0.05, 0) is 29.8 Å². The fourth-order valence-corrected chi connectivity index (χ4v) is 2.62. The number of aromatic nitrogens is 3. The number of carbonyl (C=O) groups is 2. The standard InChI is InChI=1S/C17H15ClN4O3/c1-25-17(24)13(6-10-2-4-19-5-3-10)22-16(23)12-7-11-8-15(18)20-9-14(11)21-12/h2-5,7-9,13,21H,6H2,1H3,(H,22,23). The predicted molar refractivity (Wildman–Crippen MR) is 92.3 cm³/mol. The summed E-state index contributed by atoms with van der Waals surface area (Å²) in [4.78, 5) is 35.4. The number of aromatic amines is 1. The smallest absolute Gasteiger partial charge is 0.328 e. The van der Waals surface area contributed by atoms with E-state index in [9.17, 15) is 9.59 Å². The molecule has 1 amide bonds. The minimum atomic E-state index is -0.812. The molecule has 7 nitrogen and oxygen atoms in total. The average molecular weight is 359 g/mol. The lowest BCUT2D eigenvalue weighted by Crippen LogP contribution is -2.43. The summed E-state index contributed by atoms with van der Waals surface area (Å²) in [6.45, 7) is 0. The molecule has 0 aliphatic carbocycles. The van der Waals surface area contributed by atoms with Crippen LogP contribution in [0.15, 0.2) is 42.9 Å². The van der Waals surface area contributed by atoms with Crippen LogP contribution in [0.5, 0.6) is 0 Å². The van der Waals surface area contributed by atoms with Crippen molar-refractivity contribution in [2.24, 2.45) is 0 Å². The number of H-pyrrole nitrogens is 1. The summed E-state index contributed by atoms with van der Waals surface area (Å²) in [5.41, 5.74) is 1.85. The Balaban J connectivity index is 1.79. The van der Waals surface area contributed by atoms with Crippen LogP contribution in [-0.4, -0.2) is 40.0 Å². The van der Waals surface area contributed by atoms with E-state index in [1.54, 1.807) is 42.9 Å². The number of halogens is 1. The number of amides is 1. The Morgan fingerprint density at radius 3 is 2.80 bits per heavy atom. The van der Waals surface area contributed by atoms with Gasteiger partial charge in [-0.3, -0.25) is 9.78 Å². The summed E-state index contributed by atoms with van der Waals surface area (Å²) in [7, 11) is 1.28. The molecule has 128 valence electrons. The molecule has 3 aromatic heterocycles. The van der Waals surface area contributed by atoms with Crippen LogP contribution in [0.3, 0.4) is 0 Å². The molecule has 0 aliphatic rings. The van der Waals surface area contributed by atoms with E-state index in [1.807, 2.05) is 0 Å². The first kappa shape index (κ1) is 16.9. The van der Waals surface area contributed by atoms with E-state index < -0.39 is 17.9 Å². The number of ether oxygens (including phenoxy) is 1. The van der Waals surface area contributed by atoms with E-state index in [0.29, 0.717) is 22.8 Å². The first-order valence-corrected chi connectivity index (χ1v) is 7.86. The van der Waals surface area contributed by atoms with Gasteiger partial charge in [-0.2, -0.15) is 0 Å². The van der Waals surface area contributed by atoms with Crippen LogP contribution in [0.1, 0.15) is 16.1 Å². The van der Waals surface area contributed by atoms with Gasteiger partial charge in [0.1, 0.15) is 16.9 Å². The zero-order chi connectivity index (χ0) is 17.8. The van der Waals surface area contributed by atoms with Crippen molar-refractivity contribution in [2.45, 2.75) is 12.5 Å². The van der Waals surface area contributed by atoms with Gasteiger partial charge < -0.3 is 15.0 Å². The third-order valence-corrected chi connectivity index (χ3v) is 3.90. The van der Waals surface area contributed by atoms with Gasteiger partial charge in [0, 0.05) is 24.2 Å². The van der Waals surface area contributed by atoms with Crippen molar-refractivity contribution >= 4 is 34.4 Å². The van der Waals surface area contributed by atoms with E-state index in [-0.39, 0.29) is 0 Å². The zero-order valence-electron chi connectivity index (χ0n) is 13.3.